The van der Waals surface area contributed by atoms with Crippen molar-refractivity contribution in [3.63, 3.8) is 0 Å². The average molecular weight is 287 g/mol. The van der Waals surface area contributed by atoms with Crippen LogP contribution in [-0.2, 0) is 13.1 Å². The summed E-state index contributed by atoms with van der Waals surface area (Å²) in [6, 6.07) is 11.2. The van der Waals surface area contributed by atoms with Crippen LogP contribution in [-0.4, -0.2) is 10.8 Å². The van der Waals surface area contributed by atoms with Crippen LogP contribution in [0.4, 0.5) is 5.69 Å². The van der Waals surface area contributed by atoms with Crippen LogP contribution in [0.5, 0.6) is 0 Å². The minimum Gasteiger partial charge on any atom is -0.399 e. The summed E-state index contributed by atoms with van der Waals surface area (Å²) < 4.78 is 0. The summed E-state index contributed by atoms with van der Waals surface area (Å²) in [6.07, 6.45) is 0. The van der Waals surface area contributed by atoms with Crippen LogP contribution in [0, 0.1) is 6.92 Å². The van der Waals surface area contributed by atoms with Gasteiger partial charge >= 0.3 is 0 Å². The summed E-state index contributed by atoms with van der Waals surface area (Å²) >= 11 is 5.99. The van der Waals surface area contributed by atoms with E-state index in [-0.39, 0.29) is 5.91 Å². The van der Waals surface area contributed by atoms with Crippen LogP contribution in [0.2, 0.25) is 5.02 Å². The van der Waals surface area contributed by atoms with E-state index in [1.54, 1.807) is 12.1 Å². The Hall–Kier alpha value is -2.00. The van der Waals surface area contributed by atoms with Gasteiger partial charge in [0, 0.05) is 29.4 Å². The molecule has 0 atom stereocenters. The normalized spacial score (nSPS) is 13.4. The second-order valence-electron chi connectivity index (χ2n) is 5.15. The lowest BCUT2D eigenvalue weighted by Crippen LogP contribution is -2.26. The Morgan fingerprint density at radius 2 is 1.90 bits per heavy atom. The number of fused-ring (bicyclic) bond motifs is 1. The summed E-state index contributed by atoms with van der Waals surface area (Å²) in [7, 11) is 0. The molecule has 3 nitrogen and oxygen atoms in total. The third-order valence-electron chi connectivity index (χ3n) is 3.67. The Morgan fingerprint density at radius 3 is 2.70 bits per heavy atom. The number of nitrogens with two attached hydrogens (primary N) is 1. The number of rotatable bonds is 1. The number of hydrogen-bond donors (Lipinski definition) is 1. The van der Waals surface area contributed by atoms with Crippen LogP contribution >= 0.6 is 11.6 Å². The van der Waals surface area contributed by atoms with E-state index in [2.05, 4.69) is 0 Å². The predicted molar refractivity (Wildman–Crippen MR) is 80.6 cm³/mol. The van der Waals surface area contributed by atoms with Gasteiger partial charge in [0.1, 0.15) is 0 Å². The summed E-state index contributed by atoms with van der Waals surface area (Å²) in [5.41, 5.74) is 10.4. The molecule has 1 aliphatic heterocycles. The molecule has 1 heterocycles. The topological polar surface area (TPSA) is 46.3 Å². The molecule has 0 aromatic heterocycles. The fraction of sp³-hybridized carbons (Fsp3) is 0.188. The number of nitrogens with zero attached hydrogens (tertiary/aromatic N) is 1. The first-order valence-electron chi connectivity index (χ1n) is 6.47. The van der Waals surface area contributed by atoms with Crippen LogP contribution in [0.1, 0.15) is 27.0 Å². The molecule has 0 bridgehead atoms. The van der Waals surface area contributed by atoms with Gasteiger partial charge in [-0.3, -0.25) is 4.79 Å². The lowest BCUT2D eigenvalue weighted by atomic mass is 10.1. The van der Waals surface area contributed by atoms with Crippen LogP contribution in [0.15, 0.2) is 36.4 Å². The number of anilines is 1. The van der Waals surface area contributed by atoms with Gasteiger partial charge in [-0.1, -0.05) is 23.7 Å². The van der Waals surface area contributed by atoms with E-state index in [9.17, 15) is 4.79 Å². The highest BCUT2D eigenvalue weighted by Crippen LogP contribution is 2.27. The number of benzene rings is 2. The molecule has 2 aromatic rings. The van der Waals surface area contributed by atoms with Gasteiger partial charge in [0.2, 0.25) is 0 Å². The lowest BCUT2D eigenvalue weighted by Gasteiger charge is -2.17. The van der Waals surface area contributed by atoms with Crippen LogP contribution < -0.4 is 5.73 Å². The number of hydrogen-bond acceptors (Lipinski definition) is 2. The van der Waals surface area contributed by atoms with Gasteiger partial charge in [-0.25, -0.2) is 0 Å². The van der Waals surface area contributed by atoms with Gasteiger partial charge in [-0.05, 0) is 47.9 Å². The maximum Gasteiger partial charge on any atom is 0.254 e. The van der Waals surface area contributed by atoms with Gasteiger partial charge in [0.25, 0.3) is 5.91 Å². The van der Waals surface area contributed by atoms with Gasteiger partial charge in [0.15, 0.2) is 0 Å². The Labute approximate surface area is 123 Å². The first-order valence-corrected chi connectivity index (χ1v) is 6.85. The maximum atomic E-state index is 12.6. The number of amides is 1. The SMILES string of the molecule is Cc1ccc(Cl)cc1C(=O)N1Cc2ccc(N)cc2C1. The highest BCUT2D eigenvalue weighted by atomic mass is 35.5. The van der Waals surface area contributed by atoms with Crippen molar-refractivity contribution in [2.75, 3.05) is 5.73 Å². The van der Waals surface area contributed by atoms with Gasteiger partial charge in [-0.15, -0.1) is 0 Å². The molecular weight excluding hydrogens is 272 g/mol. The molecule has 3 rings (SSSR count). The fourth-order valence-corrected chi connectivity index (χ4v) is 2.73. The Bertz CT molecular complexity index is 697. The molecule has 2 N–H and O–H groups in total. The molecular formula is C16H15ClN2O. The number of halogens is 1. The van der Waals surface area contributed by atoms with Gasteiger partial charge < -0.3 is 10.6 Å². The van der Waals surface area contributed by atoms with Crippen LogP contribution in [0.3, 0.4) is 0 Å². The lowest BCUT2D eigenvalue weighted by molar-refractivity contribution is 0.0750. The first-order chi connectivity index (χ1) is 9.54. The summed E-state index contributed by atoms with van der Waals surface area (Å²) in [5, 5.41) is 0.583. The van der Waals surface area contributed by atoms with Crippen molar-refractivity contribution >= 4 is 23.2 Å². The molecule has 0 saturated carbocycles. The zero-order chi connectivity index (χ0) is 14.3. The Morgan fingerprint density at radius 1 is 1.15 bits per heavy atom. The summed E-state index contributed by atoms with van der Waals surface area (Å²) in [6.45, 7) is 3.15. The standard InChI is InChI=1S/C16H15ClN2O/c1-10-2-4-13(17)7-15(10)16(20)19-8-11-3-5-14(18)6-12(11)9-19/h2-7H,8-9,18H2,1H3. The highest BCUT2D eigenvalue weighted by molar-refractivity contribution is 6.31. The number of aryl methyl sites for hydroxylation is 1. The van der Waals surface area contributed by atoms with Crippen molar-refractivity contribution < 1.29 is 4.79 Å². The second-order valence-corrected chi connectivity index (χ2v) is 5.59. The van der Waals surface area contributed by atoms with E-state index in [1.807, 2.05) is 36.1 Å². The molecule has 0 saturated heterocycles. The third kappa shape index (κ3) is 2.25. The monoisotopic (exact) mass is 286 g/mol. The zero-order valence-electron chi connectivity index (χ0n) is 11.2. The highest BCUT2D eigenvalue weighted by Gasteiger charge is 2.25. The predicted octanol–water partition coefficient (Wildman–Crippen LogP) is 3.39. The average Bonchev–Trinajstić information content (AvgIpc) is 2.83. The summed E-state index contributed by atoms with van der Waals surface area (Å²) in [5.74, 6) is 0.0137. The third-order valence-corrected chi connectivity index (χ3v) is 3.91. The molecule has 102 valence electrons. The van der Waals surface area contributed by atoms with Crippen LogP contribution in [0.25, 0.3) is 0 Å². The largest absolute Gasteiger partial charge is 0.399 e. The van der Waals surface area contributed by atoms with Gasteiger partial charge in [0.05, 0.1) is 0 Å². The molecule has 2 aromatic carbocycles. The van der Waals surface area contributed by atoms with E-state index >= 15 is 0 Å². The molecule has 0 spiro atoms. The summed E-state index contributed by atoms with van der Waals surface area (Å²) in [4.78, 5) is 14.4. The molecule has 0 radical (unpaired) electrons. The van der Waals surface area contributed by atoms with E-state index < -0.39 is 0 Å². The first kappa shape index (κ1) is 13.0. The second kappa shape index (κ2) is 4.84. The van der Waals surface area contributed by atoms with E-state index in [0.29, 0.717) is 23.7 Å². The van der Waals surface area contributed by atoms with Gasteiger partial charge in [-0.2, -0.15) is 0 Å². The molecule has 0 aliphatic carbocycles. The van der Waals surface area contributed by atoms with E-state index in [1.165, 1.54) is 0 Å². The van der Waals surface area contributed by atoms with E-state index in [4.69, 9.17) is 17.3 Å². The number of nitrogen functional groups attached to an aromatic ring is 1. The smallest absolute Gasteiger partial charge is 0.254 e. The minimum absolute atomic E-state index is 0.0137. The van der Waals surface area contributed by atoms with Crippen molar-refractivity contribution in [3.05, 3.63) is 63.7 Å². The quantitative estimate of drug-likeness (QED) is 0.817. The molecule has 1 aliphatic rings. The Balaban J connectivity index is 1.89. The van der Waals surface area contributed by atoms with E-state index in [0.717, 1.165) is 22.4 Å². The van der Waals surface area contributed by atoms with Crippen molar-refractivity contribution in [1.82, 2.24) is 4.90 Å². The fourth-order valence-electron chi connectivity index (χ4n) is 2.55. The Kier molecular flexibility index (Phi) is 3.14. The molecule has 1 amide bonds. The molecule has 20 heavy (non-hydrogen) atoms. The maximum absolute atomic E-state index is 12.6. The zero-order valence-corrected chi connectivity index (χ0v) is 11.9. The molecule has 0 fully saturated rings. The minimum atomic E-state index is 0.0137. The number of carbonyl (C=O) groups is 1. The molecule has 4 heteroatoms. The molecule has 0 unspecified atom stereocenters. The van der Waals surface area contributed by atoms with Crippen molar-refractivity contribution in [2.24, 2.45) is 0 Å². The van der Waals surface area contributed by atoms with Crippen molar-refractivity contribution in [3.8, 4) is 0 Å². The number of carbonyl (C=O) groups excluding carboxylic acids is 1. The van der Waals surface area contributed by atoms with Crippen molar-refractivity contribution in [2.45, 2.75) is 20.0 Å². The van der Waals surface area contributed by atoms with Crippen molar-refractivity contribution in [1.29, 1.82) is 0 Å².